The Bertz CT molecular complexity index is 870. The fourth-order valence-corrected chi connectivity index (χ4v) is 2.52. The van der Waals surface area contributed by atoms with Crippen LogP contribution >= 0.6 is 0 Å². The van der Waals surface area contributed by atoms with Crippen molar-refractivity contribution in [2.45, 2.75) is 31.5 Å². The van der Waals surface area contributed by atoms with E-state index in [1.165, 1.54) is 18.5 Å². The number of nitrogens with one attached hydrogen (secondary N) is 1. The second-order valence-corrected chi connectivity index (χ2v) is 5.91. The maximum atomic E-state index is 12.2. The number of rotatable bonds is 5. The Morgan fingerprint density at radius 2 is 2.11 bits per heavy atom. The summed E-state index contributed by atoms with van der Waals surface area (Å²) in [5.41, 5.74) is 2.41. The Kier molecular flexibility index (Phi) is 5.46. The van der Waals surface area contributed by atoms with Gasteiger partial charge in [-0.1, -0.05) is 0 Å². The molecule has 2 aromatic rings. The molecule has 4 N–H and O–H groups in total. The number of anilines is 1. The predicted octanol–water partition coefficient (Wildman–Crippen LogP) is -1.26. The summed E-state index contributed by atoms with van der Waals surface area (Å²) in [4.78, 5) is 36.6. The molecule has 1 aliphatic rings. The number of aliphatic hydroxyl groups excluding tert-OH is 3. The van der Waals surface area contributed by atoms with Crippen LogP contribution in [0.25, 0.3) is 0 Å². The van der Waals surface area contributed by atoms with Gasteiger partial charge in [-0.3, -0.25) is 9.55 Å². The number of pyridine rings is 1. The van der Waals surface area contributed by atoms with Crippen LogP contribution in [0.1, 0.15) is 22.3 Å². The van der Waals surface area contributed by atoms with Crippen LogP contribution in [0.15, 0.2) is 35.4 Å². The van der Waals surface area contributed by atoms with Crippen molar-refractivity contribution in [3.63, 3.8) is 0 Å². The summed E-state index contributed by atoms with van der Waals surface area (Å²) in [5.74, 6) is -0.756. The zero-order chi connectivity index (χ0) is 19.6. The molecule has 2 aromatic heterocycles. The second kappa shape index (κ2) is 7.80. The lowest BCUT2D eigenvalue weighted by Gasteiger charge is -2.17. The van der Waals surface area contributed by atoms with Crippen molar-refractivity contribution in [2.75, 3.05) is 12.1 Å². The van der Waals surface area contributed by atoms with Crippen LogP contribution < -0.4 is 11.2 Å². The van der Waals surface area contributed by atoms with Crippen LogP contribution in [0, 0.1) is 6.92 Å². The Hall–Kier alpha value is -2.86. The van der Waals surface area contributed by atoms with Gasteiger partial charge in [-0.2, -0.15) is 10.5 Å². The highest BCUT2D eigenvalue weighted by molar-refractivity contribution is 5.89. The third-order valence-corrected chi connectivity index (χ3v) is 4.02. The van der Waals surface area contributed by atoms with Crippen LogP contribution in [0.2, 0.25) is 0 Å². The molecule has 0 bridgehead atoms. The maximum absolute atomic E-state index is 12.2. The first-order chi connectivity index (χ1) is 12.9. The zero-order valence-corrected chi connectivity index (χ0v) is 14.2. The average molecular weight is 378 g/mol. The number of ether oxygens (including phenoxy) is 1. The van der Waals surface area contributed by atoms with Crippen LogP contribution in [-0.2, 0) is 9.57 Å². The van der Waals surface area contributed by atoms with Crippen LogP contribution in [0.5, 0.6) is 0 Å². The number of hydrogen-bond donors (Lipinski definition) is 4. The smallest absolute Gasteiger partial charge is 0.364 e. The van der Waals surface area contributed by atoms with E-state index in [2.05, 4.69) is 15.4 Å². The zero-order valence-electron chi connectivity index (χ0n) is 14.2. The summed E-state index contributed by atoms with van der Waals surface area (Å²) >= 11 is 0. The fraction of sp³-hybridized carbons (Fsp3) is 0.375. The van der Waals surface area contributed by atoms with Gasteiger partial charge in [-0.05, 0) is 19.1 Å². The molecule has 144 valence electrons. The molecule has 3 heterocycles. The summed E-state index contributed by atoms with van der Waals surface area (Å²) in [6.45, 7) is 1.26. The number of carbonyl (C=O) groups excluding carboxylic acids is 1. The monoisotopic (exact) mass is 378 g/mol. The molecule has 0 aliphatic carbocycles. The van der Waals surface area contributed by atoms with E-state index >= 15 is 0 Å². The van der Waals surface area contributed by atoms with Gasteiger partial charge in [0.2, 0.25) is 0 Å². The summed E-state index contributed by atoms with van der Waals surface area (Å²) in [7, 11) is 0. The molecule has 0 unspecified atom stereocenters. The highest BCUT2D eigenvalue weighted by Crippen LogP contribution is 2.28. The topological polar surface area (TPSA) is 156 Å². The summed E-state index contributed by atoms with van der Waals surface area (Å²) in [5, 5.41) is 28.8. The molecule has 0 amide bonds. The first kappa shape index (κ1) is 18.9. The minimum absolute atomic E-state index is 0.0450. The van der Waals surface area contributed by atoms with E-state index in [1.54, 1.807) is 19.1 Å². The van der Waals surface area contributed by atoms with Gasteiger partial charge in [0.15, 0.2) is 12.0 Å². The lowest BCUT2D eigenvalue weighted by atomic mass is 10.1. The Labute approximate surface area is 152 Å². The van der Waals surface area contributed by atoms with Crippen molar-refractivity contribution in [2.24, 2.45) is 0 Å². The number of nitrogens with zero attached hydrogens (tertiary/aromatic N) is 3. The van der Waals surface area contributed by atoms with E-state index in [4.69, 9.17) is 14.7 Å². The van der Waals surface area contributed by atoms with Crippen molar-refractivity contribution in [3.8, 4) is 0 Å². The van der Waals surface area contributed by atoms with Gasteiger partial charge in [0.1, 0.15) is 18.3 Å². The van der Waals surface area contributed by atoms with Crippen molar-refractivity contribution >= 4 is 11.8 Å². The molecule has 3 rings (SSSR count). The lowest BCUT2D eigenvalue weighted by molar-refractivity contribution is -0.0549. The van der Waals surface area contributed by atoms with E-state index in [-0.39, 0.29) is 11.4 Å². The molecule has 0 aromatic carbocycles. The number of aliphatic hydroxyl groups is 3. The quantitative estimate of drug-likeness (QED) is 0.463. The largest absolute Gasteiger partial charge is 0.394 e. The van der Waals surface area contributed by atoms with Crippen molar-refractivity contribution < 1.29 is 29.7 Å². The van der Waals surface area contributed by atoms with Gasteiger partial charge in [0.05, 0.1) is 12.2 Å². The first-order valence-corrected chi connectivity index (χ1v) is 8.02. The first-order valence-electron chi connectivity index (χ1n) is 8.02. The normalized spacial score (nSPS) is 24.6. The highest BCUT2D eigenvalue weighted by atomic mass is 16.7. The maximum Gasteiger partial charge on any atom is 0.364 e. The van der Waals surface area contributed by atoms with Gasteiger partial charge in [-0.25, -0.2) is 9.59 Å². The van der Waals surface area contributed by atoms with Gasteiger partial charge in [0, 0.05) is 24.2 Å². The molecule has 4 atom stereocenters. The Balaban J connectivity index is 1.67. The number of aryl methyl sites for hydroxylation is 1. The van der Waals surface area contributed by atoms with E-state index < -0.39 is 42.8 Å². The molecule has 1 fully saturated rings. The Morgan fingerprint density at radius 1 is 1.33 bits per heavy atom. The Morgan fingerprint density at radius 3 is 2.70 bits per heavy atom. The van der Waals surface area contributed by atoms with Crippen LogP contribution in [0.4, 0.5) is 5.82 Å². The second-order valence-electron chi connectivity index (χ2n) is 5.91. The third kappa shape index (κ3) is 3.95. The van der Waals surface area contributed by atoms with Crippen LogP contribution in [-0.4, -0.2) is 60.7 Å². The number of carbonyl (C=O) groups is 1. The van der Waals surface area contributed by atoms with Crippen LogP contribution in [0.3, 0.4) is 0 Å². The van der Waals surface area contributed by atoms with Gasteiger partial charge < -0.3 is 24.9 Å². The standard InChI is InChI=1S/C16H18N4O7/c1-8-2-3-9(6-17-8)15(24)27-19-11-4-5-20(16(25)18-11)14-13(23)12(22)10(7-21)26-14/h2-6,10,12-14,21-23H,7H2,1H3,(H,18,19,25)/t10-,12-,13-,14-/m1/s1. The van der Waals surface area contributed by atoms with Gasteiger partial charge in [0.25, 0.3) is 0 Å². The summed E-state index contributed by atoms with van der Waals surface area (Å²) in [6, 6.07) is 4.51. The molecular weight excluding hydrogens is 360 g/mol. The molecule has 11 heteroatoms. The lowest BCUT2D eigenvalue weighted by Crippen LogP contribution is -2.36. The highest BCUT2D eigenvalue weighted by Gasteiger charge is 2.43. The van der Waals surface area contributed by atoms with E-state index in [9.17, 15) is 19.8 Å². The minimum Gasteiger partial charge on any atom is -0.394 e. The van der Waals surface area contributed by atoms with Crippen molar-refractivity contribution in [3.05, 3.63) is 52.3 Å². The molecular formula is C16H18N4O7. The molecule has 0 radical (unpaired) electrons. The number of aromatic nitrogens is 3. The molecule has 1 aliphatic heterocycles. The number of hydrogen-bond acceptors (Lipinski definition) is 10. The van der Waals surface area contributed by atoms with E-state index in [1.807, 2.05) is 0 Å². The minimum atomic E-state index is -1.41. The third-order valence-electron chi connectivity index (χ3n) is 4.02. The fourth-order valence-electron chi connectivity index (χ4n) is 2.52. The van der Waals surface area contributed by atoms with E-state index in [0.717, 1.165) is 10.3 Å². The van der Waals surface area contributed by atoms with Crippen molar-refractivity contribution in [1.29, 1.82) is 0 Å². The average Bonchev–Trinajstić information content (AvgIpc) is 2.95. The molecule has 1 saturated heterocycles. The predicted molar refractivity (Wildman–Crippen MR) is 89.5 cm³/mol. The SMILES string of the molecule is Cc1ccc(C(=O)ONc2ccn([C@@H]3O[C@H](CO)[C@@H](O)[C@H]3O)c(=O)n2)cn1. The van der Waals surface area contributed by atoms with E-state index in [0.29, 0.717) is 0 Å². The summed E-state index contributed by atoms with van der Waals surface area (Å²) < 4.78 is 6.23. The molecule has 0 spiro atoms. The van der Waals surface area contributed by atoms with Gasteiger partial charge >= 0.3 is 11.7 Å². The molecule has 11 nitrogen and oxygen atoms in total. The summed E-state index contributed by atoms with van der Waals surface area (Å²) in [6.07, 6.45) is -2.36. The molecule has 0 saturated carbocycles. The van der Waals surface area contributed by atoms with Gasteiger partial charge in [-0.15, -0.1) is 0 Å². The van der Waals surface area contributed by atoms with Crippen molar-refractivity contribution in [1.82, 2.24) is 14.5 Å². The molecule has 27 heavy (non-hydrogen) atoms.